The number of ether oxygens (including phenoxy) is 1. The van der Waals surface area contributed by atoms with Crippen molar-refractivity contribution in [2.24, 2.45) is 10.7 Å². The number of alkyl halides is 1. The number of hydrogen-bond donors (Lipinski definition) is 1. The van der Waals surface area contributed by atoms with Gasteiger partial charge in [0.05, 0.1) is 40.1 Å². The van der Waals surface area contributed by atoms with Crippen LogP contribution in [-0.4, -0.2) is 51.2 Å². The highest BCUT2D eigenvalue weighted by Crippen LogP contribution is 2.33. The molecular weight excluding hydrogens is 350 g/mol. The van der Waals surface area contributed by atoms with Gasteiger partial charge in [-0.05, 0) is 32.0 Å². The molecule has 1 aliphatic heterocycles. The van der Waals surface area contributed by atoms with Crippen LogP contribution in [0.25, 0.3) is 0 Å². The number of nitrogens with two attached hydrogens (primary N) is 1. The molecule has 0 spiro atoms. The maximum Gasteiger partial charge on any atom is 0.178 e. The van der Waals surface area contributed by atoms with Crippen molar-refractivity contribution in [3.8, 4) is 0 Å². The van der Waals surface area contributed by atoms with Crippen molar-refractivity contribution in [3.63, 3.8) is 0 Å². The molecule has 0 aliphatic carbocycles. The van der Waals surface area contributed by atoms with Gasteiger partial charge in [0.25, 0.3) is 0 Å². The van der Waals surface area contributed by atoms with Crippen molar-refractivity contribution in [2.45, 2.75) is 37.9 Å². The SMILES string of the molecule is CCS(=O)(=O)c1ccc(N2CC(C)OC(C)C2)c(N=C(N)CCl)c1. The van der Waals surface area contributed by atoms with Crippen LogP contribution in [0.5, 0.6) is 0 Å². The van der Waals surface area contributed by atoms with Gasteiger partial charge in [0, 0.05) is 13.1 Å². The monoisotopic (exact) mass is 373 g/mol. The van der Waals surface area contributed by atoms with Gasteiger partial charge in [-0.25, -0.2) is 13.4 Å². The van der Waals surface area contributed by atoms with Gasteiger partial charge in [-0.2, -0.15) is 0 Å². The standard InChI is InChI=1S/C16H24ClN3O3S/c1-4-24(21,22)13-5-6-15(14(7-13)19-16(18)8-17)20-9-11(2)23-12(3)10-20/h5-7,11-12H,4,8-10H2,1-3H3,(H2,18,19). The molecule has 8 heteroatoms. The molecule has 1 aromatic rings. The summed E-state index contributed by atoms with van der Waals surface area (Å²) in [6.07, 6.45) is 0.157. The second-order valence-electron chi connectivity index (χ2n) is 5.95. The lowest BCUT2D eigenvalue weighted by molar-refractivity contribution is -0.00518. The van der Waals surface area contributed by atoms with Crippen LogP contribution in [0.3, 0.4) is 0 Å². The molecule has 2 N–H and O–H groups in total. The molecule has 2 rings (SSSR count). The zero-order valence-corrected chi connectivity index (χ0v) is 15.8. The van der Waals surface area contributed by atoms with Gasteiger partial charge in [-0.15, -0.1) is 11.6 Å². The molecule has 24 heavy (non-hydrogen) atoms. The lowest BCUT2D eigenvalue weighted by atomic mass is 10.1. The second-order valence-corrected chi connectivity index (χ2v) is 8.50. The molecule has 1 aromatic carbocycles. The summed E-state index contributed by atoms with van der Waals surface area (Å²) >= 11 is 5.74. The van der Waals surface area contributed by atoms with Gasteiger partial charge in [-0.3, -0.25) is 0 Å². The molecule has 1 heterocycles. The lowest BCUT2D eigenvalue weighted by Crippen LogP contribution is -2.45. The van der Waals surface area contributed by atoms with Crippen LogP contribution in [0, 0.1) is 0 Å². The molecule has 2 atom stereocenters. The number of rotatable bonds is 5. The van der Waals surface area contributed by atoms with Gasteiger partial charge in [0.2, 0.25) is 0 Å². The van der Waals surface area contributed by atoms with Crippen LogP contribution >= 0.6 is 11.6 Å². The first-order valence-corrected chi connectivity index (χ1v) is 10.1. The fourth-order valence-corrected chi connectivity index (χ4v) is 3.74. The minimum atomic E-state index is -3.32. The van der Waals surface area contributed by atoms with Crippen LogP contribution in [0.1, 0.15) is 20.8 Å². The van der Waals surface area contributed by atoms with E-state index in [-0.39, 0.29) is 34.6 Å². The van der Waals surface area contributed by atoms with Crippen LogP contribution in [0.2, 0.25) is 0 Å². The molecule has 134 valence electrons. The summed E-state index contributed by atoms with van der Waals surface area (Å²) in [5, 5.41) is 0. The maximum atomic E-state index is 12.2. The Labute approximate surface area is 148 Å². The first-order chi connectivity index (χ1) is 11.3. The molecule has 0 aromatic heterocycles. The predicted octanol–water partition coefficient (Wildman–Crippen LogP) is 2.32. The van der Waals surface area contributed by atoms with E-state index < -0.39 is 9.84 Å². The summed E-state index contributed by atoms with van der Waals surface area (Å²) in [5.41, 5.74) is 7.13. The summed E-state index contributed by atoms with van der Waals surface area (Å²) in [5.74, 6) is 0.366. The Morgan fingerprint density at radius 2 is 2.00 bits per heavy atom. The van der Waals surface area contributed by atoms with Crippen molar-refractivity contribution < 1.29 is 13.2 Å². The second kappa shape index (κ2) is 7.72. The van der Waals surface area contributed by atoms with E-state index in [4.69, 9.17) is 22.1 Å². The fourth-order valence-electron chi connectivity index (χ4n) is 2.78. The van der Waals surface area contributed by atoms with E-state index in [1.807, 2.05) is 13.8 Å². The smallest absolute Gasteiger partial charge is 0.178 e. The average Bonchev–Trinajstić information content (AvgIpc) is 2.53. The van der Waals surface area contributed by atoms with Gasteiger partial charge < -0.3 is 15.4 Å². The van der Waals surface area contributed by atoms with Gasteiger partial charge >= 0.3 is 0 Å². The molecule has 0 amide bonds. The van der Waals surface area contributed by atoms with Gasteiger partial charge in [0.15, 0.2) is 9.84 Å². The Morgan fingerprint density at radius 1 is 1.38 bits per heavy atom. The first kappa shape index (κ1) is 19.0. The Kier molecular flexibility index (Phi) is 6.11. The fraction of sp³-hybridized carbons (Fsp3) is 0.562. The first-order valence-electron chi connectivity index (χ1n) is 7.93. The van der Waals surface area contributed by atoms with E-state index in [9.17, 15) is 8.42 Å². The maximum absolute atomic E-state index is 12.2. The van der Waals surface area contributed by atoms with Gasteiger partial charge in [0.1, 0.15) is 5.84 Å². The van der Waals surface area contributed by atoms with Crippen molar-refractivity contribution in [2.75, 3.05) is 29.6 Å². The molecule has 1 aliphatic rings. The zero-order chi connectivity index (χ0) is 17.9. The summed E-state index contributed by atoms with van der Waals surface area (Å²) < 4.78 is 30.1. The largest absolute Gasteiger partial charge is 0.386 e. The number of anilines is 1. The number of halogens is 1. The quantitative estimate of drug-likeness (QED) is 0.486. The van der Waals surface area contributed by atoms with E-state index in [1.54, 1.807) is 25.1 Å². The van der Waals surface area contributed by atoms with E-state index in [0.29, 0.717) is 18.8 Å². The topological polar surface area (TPSA) is 85.0 Å². The zero-order valence-electron chi connectivity index (χ0n) is 14.2. The number of morpholine rings is 1. The summed E-state index contributed by atoms with van der Waals surface area (Å²) in [7, 11) is -3.32. The summed E-state index contributed by atoms with van der Waals surface area (Å²) in [6.45, 7) is 7.04. The third kappa shape index (κ3) is 4.40. The number of aliphatic imine (C=N–C) groups is 1. The Balaban J connectivity index is 2.50. The molecule has 1 saturated heterocycles. The van der Waals surface area contributed by atoms with E-state index in [2.05, 4.69) is 9.89 Å². The number of hydrogen-bond acceptors (Lipinski definition) is 5. The minimum absolute atomic E-state index is 0.0338. The average molecular weight is 374 g/mol. The van der Waals surface area contributed by atoms with Crippen LogP contribution in [-0.2, 0) is 14.6 Å². The number of nitrogens with zero attached hydrogens (tertiary/aromatic N) is 2. The van der Waals surface area contributed by atoms with Gasteiger partial charge in [-0.1, -0.05) is 6.92 Å². The van der Waals surface area contributed by atoms with Crippen LogP contribution in [0.4, 0.5) is 11.4 Å². The third-order valence-corrected chi connectivity index (χ3v) is 5.85. The van der Waals surface area contributed by atoms with Crippen LogP contribution < -0.4 is 10.6 Å². The lowest BCUT2D eigenvalue weighted by Gasteiger charge is -2.37. The Hall–Kier alpha value is -1.31. The molecule has 6 nitrogen and oxygen atoms in total. The van der Waals surface area contributed by atoms with E-state index in [0.717, 1.165) is 5.69 Å². The van der Waals surface area contributed by atoms with E-state index in [1.165, 1.54) is 0 Å². The highest BCUT2D eigenvalue weighted by molar-refractivity contribution is 7.91. The predicted molar refractivity (Wildman–Crippen MR) is 98.4 cm³/mol. The molecule has 0 radical (unpaired) electrons. The number of amidine groups is 1. The summed E-state index contributed by atoms with van der Waals surface area (Å²) in [4.78, 5) is 6.71. The highest BCUT2D eigenvalue weighted by Gasteiger charge is 2.25. The van der Waals surface area contributed by atoms with E-state index >= 15 is 0 Å². The highest BCUT2D eigenvalue weighted by atomic mass is 35.5. The Bertz CT molecular complexity index is 711. The van der Waals surface area contributed by atoms with Crippen molar-refractivity contribution in [3.05, 3.63) is 18.2 Å². The van der Waals surface area contributed by atoms with Crippen LogP contribution in [0.15, 0.2) is 28.1 Å². The number of benzene rings is 1. The van der Waals surface area contributed by atoms with Crippen molar-refractivity contribution >= 4 is 38.6 Å². The van der Waals surface area contributed by atoms with Crippen molar-refractivity contribution in [1.29, 1.82) is 0 Å². The normalized spacial score (nSPS) is 22.7. The number of sulfone groups is 1. The Morgan fingerprint density at radius 3 is 2.54 bits per heavy atom. The third-order valence-electron chi connectivity index (χ3n) is 3.85. The molecular formula is C16H24ClN3O3S. The summed E-state index contributed by atoms with van der Waals surface area (Å²) in [6, 6.07) is 4.97. The molecule has 2 unspecified atom stereocenters. The molecule has 0 saturated carbocycles. The van der Waals surface area contributed by atoms with Crippen molar-refractivity contribution in [1.82, 2.24) is 0 Å². The minimum Gasteiger partial charge on any atom is -0.386 e. The molecule has 1 fully saturated rings. The molecule has 0 bridgehead atoms.